The highest BCUT2D eigenvalue weighted by Crippen LogP contribution is 2.13. The number of halogens is 1. The maximum atomic E-state index is 12.0. The third-order valence-corrected chi connectivity index (χ3v) is 2.85. The molecule has 0 aliphatic carbocycles. The summed E-state index contributed by atoms with van der Waals surface area (Å²) in [6.45, 7) is 6.61. The molecule has 0 amide bonds. The van der Waals surface area contributed by atoms with Crippen molar-refractivity contribution in [1.82, 2.24) is 5.32 Å². The molecular formula is C13H18ClNO. The first-order valence-corrected chi connectivity index (χ1v) is 5.86. The third-order valence-electron chi connectivity index (χ3n) is 2.59. The summed E-state index contributed by atoms with van der Waals surface area (Å²) in [5.74, 6) is 0.191. The van der Waals surface area contributed by atoms with E-state index in [2.05, 4.69) is 5.32 Å². The van der Waals surface area contributed by atoms with Crippen molar-refractivity contribution in [2.45, 2.75) is 32.7 Å². The van der Waals surface area contributed by atoms with E-state index in [0.29, 0.717) is 11.4 Å². The van der Waals surface area contributed by atoms with E-state index in [-0.39, 0.29) is 5.78 Å². The zero-order valence-corrected chi connectivity index (χ0v) is 10.8. The molecule has 1 N–H and O–H groups in total. The standard InChI is InChI=1S/C13H18ClNO/c1-4-15-13(2,3)12(16)9-10-5-7-11(14)8-6-10/h5-8,15H,4,9H2,1-3H3. The second-order valence-electron chi connectivity index (χ2n) is 4.38. The van der Waals surface area contributed by atoms with Gasteiger partial charge in [0.1, 0.15) is 0 Å². The number of hydrogen-bond donors (Lipinski definition) is 1. The Labute approximate surface area is 102 Å². The second kappa shape index (κ2) is 5.46. The minimum absolute atomic E-state index is 0.191. The maximum Gasteiger partial charge on any atom is 0.156 e. The molecule has 88 valence electrons. The molecule has 0 aromatic heterocycles. The van der Waals surface area contributed by atoms with Crippen molar-refractivity contribution < 1.29 is 4.79 Å². The zero-order valence-electron chi connectivity index (χ0n) is 10.0. The summed E-state index contributed by atoms with van der Waals surface area (Å²) < 4.78 is 0. The molecule has 0 saturated carbocycles. The van der Waals surface area contributed by atoms with Crippen molar-refractivity contribution in [1.29, 1.82) is 0 Å². The number of rotatable bonds is 5. The first-order valence-electron chi connectivity index (χ1n) is 5.48. The quantitative estimate of drug-likeness (QED) is 0.856. The molecule has 3 heteroatoms. The Kier molecular flexibility index (Phi) is 4.51. The largest absolute Gasteiger partial charge is 0.306 e. The molecule has 1 aromatic carbocycles. The van der Waals surface area contributed by atoms with Gasteiger partial charge in [0, 0.05) is 11.4 Å². The normalized spacial score (nSPS) is 11.5. The van der Waals surface area contributed by atoms with Crippen LogP contribution in [0, 0.1) is 0 Å². The smallest absolute Gasteiger partial charge is 0.156 e. The van der Waals surface area contributed by atoms with E-state index in [1.54, 1.807) is 0 Å². The van der Waals surface area contributed by atoms with Crippen LogP contribution in [-0.4, -0.2) is 17.9 Å². The van der Waals surface area contributed by atoms with E-state index >= 15 is 0 Å². The lowest BCUT2D eigenvalue weighted by Gasteiger charge is -2.24. The number of hydrogen-bond acceptors (Lipinski definition) is 2. The highest BCUT2D eigenvalue weighted by molar-refractivity contribution is 6.30. The summed E-state index contributed by atoms with van der Waals surface area (Å²) >= 11 is 5.79. The van der Waals surface area contributed by atoms with Gasteiger partial charge in [-0.25, -0.2) is 0 Å². The third kappa shape index (κ3) is 3.62. The van der Waals surface area contributed by atoms with Crippen molar-refractivity contribution in [3.63, 3.8) is 0 Å². The molecular weight excluding hydrogens is 222 g/mol. The van der Waals surface area contributed by atoms with Gasteiger partial charge in [0.05, 0.1) is 5.54 Å². The number of carbonyl (C=O) groups excluding carboxylic acids is 1. The molecule has 16 heavy (non-hydrogen) atoms. The SMILES string of the molecule is CCNC(C)(C)C(=O)Cc1ccc(Cl)cc1. The lowest BCUT2D eigenvalue weighted by atomic mass is 9.93. The minimum atomic E-state index is -0.464. The average molecular weight is 240 g/mol. The molecule has 0 aliphatic rings. The predicted octanol–water partition coefficient (Wildman–Crippen LogP) is 2.84. The Hall–Kier alpha value is -0.860. The fourth-order valence-corrected chi connectivity index (χ4v) is 1.68. The molecule has 0 fully saturated rings. The van der Waals surface area contributed by atoms with Crippen molar-refractivity contribution >= 4 is 17.4 Å². The lowest BCUT2D eigenvalue weighted by Crippen LogP contribution is -2.47. The van der Waals surface area contributed by atoms with Crippen LogP contribution in [0.2, 0.25) is 5.02 Å². The maximum absolute atomic E-state index is 12.0. The predicted molar refractivity (Wildman–Crippen MR) is 67.9 cm³/mol. The Morgan fingerprint density at radius 1 is 1.31 bits per heavy atom. The van der Waals surface area contributed by atoms with E-state index < -0.39 is 5.54 Å². The van der Waals surface area contributed by atoms with Crippen LogP contribution in [-0.2, 0) is 11.2 Å². The van der Waals surface area contributed by atoms with Crippen molar-refractivity contribution in [2.75, 3.05) is 6.54 Å². The average Bonchev–Trinajstić information content (AvgIpc) is 2.21. The summed E-state index contributed by atoms with van der Waals surface area (Å²) in [7, 11) is 0. The monoisotopic (exact) mass is 239 g/mol. The second-order valence-corrected chi connectivity index (χ2v) is 4.82. The van der Waals surface area contributed by atoms with Gasteiger partial charge in [0.15, 0.2) is 5.78 Å². The number of carbonyl (C=O) groups is 1. The molecule has 0 bridgehead atoms. The first kappa shape index (κ1) is 13.2. The summed E-state index contributed by atoms with van der Waals surface area (Å²) in [5.41, 5.74) is 0.536. The molecule has 0 heterocycles. The van der Waals surface area contributed by atoms with Crippen LogP contribution in [0.4, 0.5) is 0 Å². The number of benzene rings is 1. The fraction of sp³-hybridized carbons (Fsp3) is 0.462. The van der Waals surface area contributed by atoms with Crippen LogP contribution in [0.1, 0.15) is 26.3 Å². The van der Waals surface area contributed by atoms with Crippen LogP contribution in [0.5, 0.6) is 0 Å². The van der Waals surface area contributed by atoms with Gasteiger partial charge in [-0.2, -0.15) is 0 Å². The molecule has 0 radical (unpaired) electrons. The van der Waals surface area contributed by atoms with Crippen LogP contribution in [0.15, 0.2) is 24.3 Å². The lowest BCUT2D eigenvalue weighted by molar-refractivity contribution is -0.123. The zero-order chi connectivity index (χ0) is 12.2. The van der Waals surface area contributed by atoms with E-state index in [9.17, 15) is 4.79 Å². The molecule has 1 rings (SSSR count). The van der Waals surface area contributed by atoms with Gasteiger partial charge in [-0.3, -0.25) is 4.79 Å². The van der Waals surface area contributed by atoms with Gasteiger partial charge >= 0.3 is 0 Å². The molecule has 0 aliphatic heterocycles. The number of ketones is 1. The van der Waals surface area contributed by atoms with Gasteiger partial charge < -0.3 is 5.32 Å². The van der Waals surface area contributed by atoms with Crippen molar-refractivity contribution in [2.24, 2.45) is 0 Å². The number of nitrogens with one attached hydrogen (secondary N) is 1. The molecule has 2 nitrogen and oxygen atoms in total. The van der Waals surface area contributed by atoms with E-state index in [4.69, 9.17) is 11.6 Å². The fourth-order valence-electron chi connectivity index (χ4n) is 1.55. The molecule has 0 saturated heterocycles. The Balaban J connectivity index is 2.67. The van der Waals surface area contributed by atoms with Gasteiger partial charge in [-0.05, 0) is 38.1 Å². The summed E-state index contributed by atoms with van der Waals surface area (Å²) in [5, 5.41) is 3.87. The van der Waals surface area contributed by atoms with Crippen LogP contribution < -0.4 is 5.32 Å². The van der Waals surface area contributed by atoms with E-state index in [1.165, 1.54) is 0 Å². The summed E-state index contributed by atoms with van der Waals surface area (Å²) in [6.07, 6.45) is 0.442. The van der Waals surface area contributed by atoms with Gasteiger partial charge in [-0.15, -0.1) is 0 Å². The topological polar surface area (TPSA) is 29.1 Å². The summed E-state index contributed by atoms with van der Waals surface area (Å²) in [4.78, 5) is 12.0. The van der Waals surface area contributed by atoms with Crippen LogP contribution in [0.3, 0.4) is 0 Å². The Bertz CT molecular complexity index is 357. The number of Topliss-reactive ketones (excluding diaryl/α,β-unsaturated/α-hetero) is 1. The molecule has 0 spiro atoms. The highest BCUT2D eigenvalue weighted by Gasteiger charge is 2.25. The Morgan fingerprint density at radius 2 is 1.88 bits per heavy atom. The molecule has 0 unspecified atom stereocenters. The first-order chi connectivity index (χ1) is 7.45. The van der Waals surface area contributed by atoms with Crippen molar-refractivity contribution in [3.05, 3.63) is 34.9 Å². The molecule has 1 aromatic rings. The van der Waals surface area contributed by atoms with Gasteiger partial charge in [0.25, 0.3) is 0 Å². The minimum Gasteiger partial charge on any atom is -0.306 e. The van der Waals surface area contributed by atoms with E-state index in [0.717, 1.165) is 12.1 Å². The highest BCUT2D eigenvalue weighted by atomic mass is 35.5. The van der Waals surface area contributed by atoms with Crippen LogP contribution in [0.25, 0.3) is 0 Å². The summed E-state index contributed by atoms with van der Waals surface area (Å²) in [6, 6.07) is 7.40. The van der Waals surface area contributed by atoms with Gasteiger partial charge in [0.2, 0.25) is 0 Å². The van der Waals surface area contributed by atoms with Gasteiger partial charge in [-0.1, -0.05) is 30.7 Å². The number of likely N-dealkylation sites (N-methyl/N-ethyl adjacent to an activating group) is 1. The van der Waals surface area contributed by atoms with Crippen LogP contribution >= 0.6 is 11.6 Å². The molecule has 0 atom stereocenters. The van der Waals surface area contributed by atoms with Crippen molar-refractivity contribution in [3.8, 4) is 0 Å². The van der Waals surface area contributed by atoms with E-state index in [1.807, 2.05) is 45.0 Å². The Morgan fingerprint density at radius 3 is 2.38 bits per heavy atom.